The van der Waals surface area contributed by atoms with Gasteiger partial charge in [0.15, 0.2) is 0 Å². The molecule has 2 aliphatic rings. The minimum Gasteiger partial charge on any atom is -0.374 e. The highest BCUT2D eigenvalue weighted by Gasteiger charge is 2.26. The molecule has 2 N–H and O–H groups in total. The van der Waals surface area contributed by atoms with Crippen LogP contribution in [0.1, 0.15) is 11.4 Å². The molecule has 0 saturated heterocycles. The molecule has 10 heteroatoms. The van der Waals surface area contributed by atoms with Gasteiger partial charge in [-0.2, -0.15) is 0 Å². The van der Waals surface area contributed by atoms with Crippen LogP contribution in [0.3, 0.4) is 0 Å². The number of rotatable bonds is 6. The smallest absolute Gasteiger partial charge is 0.0914 e. The molecule has 2 aliphatic heterocycles. The fraction of sp³-hybridized carbons (Fsp3) is 0.333. The van der Waals surface area contributed by atoms with E-state index < -0.39 is 0 Å². The lowest BCUT2D eigenvalue weighted by atomic mass is 10.0. The Labute approximate surface area is 272 Å². The SMILES string of the molecule is CN(C)C1=C(N(C)C)c2cc3[nH]c(cc4nc(cc5[nH]c(cc1n2)c(N(C)C)c5N(C)C)-c1ccccc1-4)c(N(C)C)c3N(C)C. The lowest BCUT2D eigenvalue weighted by Gasteiger charge is -2.22. The van der Waals surface area contributed by atoms with E-state index in [9.17, 15) is 0 Å². The number of fused-ring (bicyclic) bond motifs is 11. The van der Waals surface area contributed by atoms with Gasteiger partial charge in [-0.05, 0) is 24.3 Å². The molecule has 0 saturated carbocycles. The van der Waals surface area contributed by atoms with Crippen molar-refractivity contribution in [2.24, 2.45) is 0 Å². The van der Waals surface area contributed by atoms with Crippen LogP contribution >= 0.6 is 0 Å². The predicted molar refractivity (Wildman–Crippen MR) is 197 cm³/mol. The topological polar surface area (TPSA) is 76.8 Å². The van der Waals surface area contributed by atoms with E-state index in [-0.39, 0.29) is 0 Å². The van der Waals surface area contributed by atoms with E-state index >= 15 is 0 Å². The number of aromatic nitrogens is 4. The highest BCUT2D eigenvalue weighted by atomic mass is 15.2. The summed E-state index contributed by atoms with van der Waals surface area (Å²) in [6.07, 6.45) is 0. The predicted octanol–water partition coefficient (Wildman–Crippen LogP) is 5.86. The van der Waals surface area contributed by atoms with Crippen LogP contribution in [0.25, 0.3) is 56.0 Å². The van der Waals surface area contributed by atoms with Gasteiger partial charge in [0.1, 0.15) is 0 Å². The van der Waals surface area contributed by atoms with E-state index in [1.54, 1.807) is 0 Å². The Morgan fingerprint density at radius 2 is 0.674 bits per heavy atom. The van der Waals surface area contributed by atoms with Crippen LogP contribution in [0, 0.1) is 0 Å². The van der Waals surface area contributed by atoms with Gasteiger partial charge in [-0.15, -0.1) is 0 Å². The van der Waals surface area contributed by atoms with Gasteiger partial charge in [0, 0.05) is 95.7 Å². The molecule has 8 bridgehead atoms. The maximum Gasteiger partial charge on any atom is 0.0914 e. The first kappa shape index (κ1) is 30.9. The van der Waals surface area contributed by atoms with Crippen LogP contribution in [-0.4, -0.2) is 114 Å². The van der Waals surface area contributed by atoms with Crippen LogP contribution in [0.15, 0.2) is 48.5 Å². The van der Waals surface area contributed by atoms with E-state index in [2.05, 4.69) is 172 Å². The maximum atomic E-state index is 5.32. The van der Waals surface area contributed by atoms with Gasteiger partial charge in [-0.25, -0.2) is 9.97 Å². The van der Waals surface area contributed by atoms with Gasteiger partial charge in [-0.1, -0.05) is 24.3 Å². The van der Waals surface area contributed by atoms with Crippen LogP contribution < -0.4 is 19.6 Å². The largest absolute Gasteiger partial charge is 0.374 e. The molecule has 0 unspecified atom stereocenters. The number of nitrogens with one attached hydrogen (secondary N) is 2. The van der Waals surface area contributed by atoms with E-state index in [0.717, 1.165) is 90.1 Å². The summed E-state index contributed by atoms with van der Waals surface area (Å²) in [4.78, 5) is 31.1. The van der Waals surface area contributed by atoms with Gasteiger partial charge in [0.25, 0.3) is 0 Å². The monoisotopic (exact) mass is 618 g/mol. The lowest BCUT2D eigenvalue weighted by molar-refractivity contribution is 0.556. The summed E-state index contributed by atoms with van der Waals surface area (Å²) >= 11 is 0. The molecule has 0 amide bonds. The minimum atomic E-state index is 0.894. The van der Waals surface area contributed by atoms with Gasteiger partial charge < -0.3 is 39.4 Å². The third kappa shape index (κ3) is 4.98. The summed E-state index contributed by atoms with van der Waals surface area (Å²) in [5, 5.41) is 0. The van der Waals surface area contributed by atoms with Crippen molar-refractivity contribution in [2.75, 3.05) is 104 Å². The summed E-state index contributed by atoms with van der Waals surface area (Å²) in [5.41, 5.74) is 16.3. The molecule has 1 aromatic carbocycles. The summed E-state index contributed by atoms with van der Waals surface area (Å²) in [5.74, 6) is 0. The van der Waals surface area contributed by atoms with Gasteiger partial charge in [-0.3, -0.25) is 0 Å². The molecule has 0 spiro atoms. The molecule has 0 atom stereocenters. The van der Waals surface area contributed by atoms with E-state index in [0.29, 0.717) is 0 Å². The average molecular weight is 619 g/mol. The molecule has 0 radical (unpaired) electrons. The minimum absolute atomic E-state index is 0.894. The summed E-state index contributed by atoms with van der Waals surface area (Å²) in [6.45, 7) is 0. The van der Waals surface area contributed by atoms with E-state index in [1.807, 2.05) is 0 Å². The van der Waals surface area contributed by atoms with Crippen molar-refractivity contribution >= 4 is 56.2 Å². The zero-order valence-corrected chi connectivity index (χ0v) is 29.2. The molecule has 4 aromatic rings. The van der Waals surface area contributed by atoms with Crippen LogP contribution in [0.2, 0.25) is 0 Å². The Balaban J connectivity index is 1.90. The quantitative estimate of drug-likeness (QED) is 0.245. The number of benzene rings is 1. The highest BCUT2D eigenvalue weighted by Crippen LogP contribution is 2.43. The third-order valence-electron chi connectivity index (χ3n) is 8.49. The number of hydrogen-bond donors (Lipinski definition) is 2. The molecular formula is C36H46N10. The van der Waals surface area contributed by atoms with Gasteiger partial charge in [0.05, 0.1) is 79.0 Å². The second-order valence-electron chi connectivity index (χ2n) is 13.3. The molecule has 0 aliphatic carbocycles. The van der Waals surface area contributed by atoms with E-state index in [4.69, 9.17) is 9.97 Å². The number of nitrogens with zero attached hydrogens (tertiary/aromatic N) is 8. The second-order valence-corrected chi connectivity index (χ2v) is 13.3. The summed E-state index contributed by atoms with van der Waals surface area (Å²) in [7, 11) is 25.1. The fourth-order valence-corrected chi connectivity index (χ4v) is 6.77. The van der Waals surface area contributed by atoms with Crippen molar-refractivity contribution in [2.45, 2.75) is 0 Å². The molecule has 6 rings (SSSR count). The van der Waals surface area contributed by atoms with Crippen molar-refractivity contribution in [1.82, 2.24) is 29.7 Å². The van der Waals surface area contributed by atoms with Gasteiger partial charge in [0.2, 0.25) is 0 Å². The number of aromatic amines is 2. The van der Waals surface area contributed by atoms with Crippen molar-refractivity contribution < 1.29 is 0 Å². The first-order valence-electron chi connectivity index (χ1n) is 15.5. The Hall–Kier alpha value is -5.12. The second kappa shape index (κ2) is 11.3. The number of H-pyrrole nitrogens is 2. The zero-order valence-electron chi connectivity index (χ0n) is 29.2. The normalized spacial score (nSPS) is 12.3. The molecule has 240 valence electrons. The van der Waals surface area contributed by atoms with Crippen LogP contribution in [0.4, 0.5) is 22.7 Å². The van der Waals surface area contributed by atoms with E-state index in [1.165, 1.54) is 0 Å². The molecule has 10 nitrogen and oxygen atoms in total. The fourth-order valence-electron chi connectivity index (χ4n) is 6.77. The van der Waals surface area contributed by atoms with Crippen molar-refractivity contribution in [3.05, 3.63) is 59.9 Å². The summed E-state index contributed by atoms with van der Waals surface area (Å²) in [6, 6.07) is 17.2. The van der Waals surface area contributed by atoms with Crippen LogP contribution in [0.5, 0.6) is 0 Å². The highest BCUT2D eigenvalue weighted by molar-refractivity contribution is 6.03. The van der Waals surface area contributed by atoms with Crippen molar-refractivity contribution in [1.29, 1.82) is 0 Å². The Kier molecular flexibility index (Phi) is 7.62. The summed E-state index contributed by atoms with van der Waals surface area (Å²) < 4.78 is 0. The Bertz CT molecular complexity index is 1880. The first-order chi connectivity index (χ1) is 21.8. The Morgan fingerprint density at radius 1 is 0.391 bits per heavy atom. The molecule has 5 heterocycles. The Morgan fingerprint density at radius 3 is 0.957 bits per heavy atom. The van der Waals surface area contributed by atoms with Crippen molar-refractivity contribution in [3.8, 4) is 22.5 Å². The molecule has 3 aromatic heterocycles. The zero-order chi connectivity index (χ0) is 33.2. The lowest BCUT2D eigenvalue weighted by Crippen LogP contribution is -2.17. The standard InChI is InChI=1S/C36H46N10/c1-41(2)31-25-17-23-21-15-13-14-16-22(21)24(37-23)18-26-32(42(3)4)34(44(7)8)28(39-26)20-30-36(46(11)12)35(45(9)10)29(40-30)19-27(38-25)33(31)43(5)6/h13-20,38-39H,1-12H3. The molecule has 46 heavy (non-hydrogen) atoms. The number of hydrogen-bond acceptors (Lipinski definition) is 8. The van der Waals surface area contributed by atoms with Crippen molar-refractivity contribution in [3.63, 3.8) is 0 Å². The maximum absolute atomic E-state index is 5.32. The third-order valence-corrected chi connectivity index (χ3v) is 8.49. The van der Waals surface area contributed by atoms with Crippen LogP contribution in [-0.2, 0) is 0 Å². The molecular weight excluding hydrogens is 572 g/mol. The van der Waals surface area contributed by atoms with Gasteiger partial charge >= 0.3 is 0 Å². The molecule has 0 fully saturated rings. The average Bonchev–Trinajstić information content (AvgIpc) is 3.70. The number of anilines is 4. The first-order valence-corrected chi connectivity index (χ1v) is 15.5.